The van der Waals surface area contributed by atoms with Gasteiger partial charge in [-0.3, -0.25) is 10.00 Å². The van der Waals surface area contributed by atoms with Gasteiger partial charge in [-0.2, -0.15) is 5.10 Å². The normalized spacial score (nSPS) is 17.9. The first-order chi connectivity index (χ1) is 13.3. The van der Waals surface area contributed by atoms with E-state index in [-0.39, 0.29) is 0 Å². The van der Waals surface area contributed by atoms with Crippen LogP contribution < -0.4 is 0 Å². The summed E-state index contributed by atoms with van der Waals surface area (Å²) in [4.78, 5) is 2.53. The molecule has 27 heavy (non-hydrogen) atoms. The predicted octanol–water partition coefficient (Wildman–Crippen LogP) is 4.60. The monoisotopic (exact) mass is 361 g/mol. The standard InChI is InChI=1S/C23H27N3O/c1-27-17-18-6-5-13-26(15-18)16-22-14-24-25-23(22)21-11-9-20(10-12-21)19-7-3-2-4-8-19/h2-4,7-12,14,18H,5-6,13,15-17H2,1H3,(H,24,25). The summed E-state index contributed by atoms with van der Waals surface area (Å²) < 4.78 is 5.36. The van der Waals surface area contributed by atoms with Gasteiger partial charge in [-0.25, -0.2) is 0 Å². The molecule has 1 atom stereocenters. The molecule has 1 aromatic heterocycles. The largest absolute Gasteiger partial charge is 0.384 e. The average molecular weight is 361 g/mol. The summed E-state index contributed by atoms with van der Waals surface area (Å²) in [7, 11) is 1.80. The summed E-state index contributed by atoms with van der Waals surface area (Å²) in [5.41, 5.74) is 6.06. The van der Waals surface area contributed by atoms with Crippen molar-refractivity contribution in [2.24, 2.45) is 5.92 Å². The number of hydrogen-bond acceptors (Lipinski definition) is 3. The molecule has 0 spiro atoms. The Bertz CT molecular complexity index is 840. The minimum absolute atomic E-state index is 0.643. The van der Waals surface area contributed by atoms with Crippen molar-refractivity contribution in [2.45, 2.75) is 19.4 Å². The molecule has 0 saturated carbocycles. The van der Waals surface area contributed by atoms with Gasteiger partial charge in [0.05, 0.1) is 18.5 Å². The number of nitrogens with zero attached hydrogens (tertiary/aromatic N) is 2. The van der Waals surface area contributed by atoms with Gasteiger partial charge in [0.2, 0.25) is 0 Å². The van der Waals surface area contributed by atoms with Crippen molar-refractivity contribution in [3.63, 3.8) is 0 Å². The van der Waals surface area contributed by atoms with E-state index in [1.165, 1.54) is 35.1 Å². The van der Waals surface area contributed by atoms with Crippen LogP contribution in [0.15, 0.2) is 60.8 Å². The Morgan fingerprint density at radius 2 is 1.78 bits per heavy atom. The van der Waals surface area contributed by atoms with Crippen molar-refractivity contribution in [3.8, 4) is 22.4 Å². The van der Waals surface area contributed by atoms with Crippen LogP contribution in [0.1, 0.15) is 18.4 Å². The minimum atomic E-state index is 0.643. The van der Waals surface area contributed by atoms with Crippen molar-refractivity contribution >= 4 is 0 Å². The van der Waals surface area contributed by atoms with Gasteiger partial charge in [-0.1, -0.05) is 54.6 Å². The van der Waals surface area contributed by atoms with Gasteiger partial charge in [0.1, 0.15) is 0 Å². The second-order valence-electron chi connectivity index (χ2n) is 7.41. The number of nitrogens with one attached hydrogen (secondary N) is 1. The van der Waals surface area contributed by atoms with E-state index in [9.17, 15) is 0 Å². The molecule has 4 nitrogen and oxygen atoms in total. The highest BCUT2D eigenvalue weighted by Crippen LogP contribution is 2.27. The topological polar surface area (TPSA) is 41.1 Å². The number of aromatic amines is 1. The summed E-state index contributed by atoms with van der Waals surface area (Å²) in [6.07, 6.45) is 4.48. The Morgan fingerprint density at radius 1 is 1.04 bits per heavy atom. The van der Waals surface area contributed by atoms with Gasteiger partial charge in [-0.05, 0) is 42.0 Å². The third-order valence-electron chi connectivity index (χ3n) is 5.40. The Hall–Kier alpha value is -2.43. The highest BCUT2D eigenvalue weighted by Gasteiger charge is 2.21. The van der Waals surface area contributed by atoms with Crippen LogP contribution in [0.5, 0.6) is 0 Å². The van der Waals surface area contributed by atoms with Crippen molar-refractivity contribution in [1.82, 2.24) is 15.1 Å². The van der Waals surface area contributed by atoms with Gasteiger partial charge >= 0.3 is 0 Å². The Kier molecular flexibility index (Phi) is 5.66. The maximum atomic E-state index is 5.36. The molecule has 1 saturated heterocycles. The number of piperidine rings is 1. The molecule has 1 N–H and O–H groups in total. The quantitative estimate of drug-likeness (QED) is 0.697. The Morgan fingerprint density at radius 3 is 2.56 bits per heavy atom. The van der Waals surface area contributed by atoms with Crippen LogP contribution in [0.2, 0.25) is 0 Å². The first-order valence-corrected chi connectivity index (χ1v) is 9.73. The first kappa shape index (κ1) is 18.0. The number of benzene rings is 2. The summed E-state index contributed by atoms with van der Waals surface area (Å²) in [5.74, 6) is 0.643. The lowest BCUT2D eigenvalue weighted by molar-refractivity contribution is 0.0874. The van der Waals surface area contributed by atoms with Crippen LogP contribution in [0.4, 0.5) is 0 Å². The van der Waals surface area contributed by atoms with E-state index in [4.69, 9.17) is 4.74 Å². The van der Waals surface area contributed by atoms with Crippen LogP contribution in [-0.2, 0) is 11.3 Å². The van der Waals surface area contributed by atoms with Gasteiger partial charge in [0, 0.05) is 25.8 Å². The molecule has 2 heterocycles. The molecule has 1 aliphatic heterocycles. The molecule has 1 aliphatic rings. The predicted molar refractivity (Wildman–Crippen MR) is 109 cm³/mol. The van der Waals surface area contributed by atoms with Crippen molar-refractivity contribution in [1.29, 1.82) is 0 Å². The molecular weight excluding hydrogens is 334 g/mol. The third kappa shape index (κ3) is 4.29. The molecule has 140 valence electrons. The van der Waals surface area contributed by atoms with Crippen LogP contribution in [0, 0.1) is 5.92 Å². The Labute approximate surface area is 161 Å². The van der Waals surface area contributed by atoms with E-state index >= 15 is 0 Å². The minimum Gasteiger partial charge on any atom is -0.384 e. The molecule has 3 aromatic rings. The van der Waals surface area contributed by atoms with E-state index in [1.54, 1.807) is 7.11 Å². The third-order valence-corrected chi connectivity index (χ3v) is 5.40. The molecule has 4 heteroatoms. The molecule has 1 unspecified atom stereocenters. The molecule has 0 bridgehead atoms. The lowest BCUT2D eigenvalue weighted by Crippen LogP contribution is -2.36. The van der Waals surface area contributed by atoms with Gasteiger partial charge in [0.25, 0.3) is 0 Å². The lowest BCUT2D eigenvalue weighted by atomic mass is 9.98. The number of ether oxygens (including phenoxy) is 1. The molecule has 0 radical (unpaired) electrons. The lowest BCUT2D eigenvalue weighted by Gasteiger charge is -2.32. The van der Waals surface area contributed by atoms with Crippen LogP contribution in [0.25, 0.3) is 22.4 Å². The zero-order valence-electron chi connectivity index (χ0n) is 15.9. The summed E-state index contributed by atoms with van der Waals surface area (Å²) in [6, 6.07) is 19.2. The van der Waals surface area contributed by atoms with Crippen molar-refractivity contribution in [3.05, 3.63) is 66.4 Å². The number of hydrogen-bond donors (Lipinski definition) is 1. The van der Waals surface area contributed by atoms with Gasteiger partial charge in [0.15, 0.2) is 0 Å². The van der Waals surface area contributed by atoms with E-state index < -0.39 is 0 Å². The van der Waals surface area contributed by atoms with Crippen LogP contribution >= 0.6 is 0 Å². The van der Waals surface area contributed by atoms with E-state index in [2.05, 4.69) is 63.6 Å². The molecule has 2 aromatic carbocycles. The molecule has 4 rings (SSSR count). The number of methoxy groups -OCH3 is 1. The zero-order chi connectivity index (χ0) is 18.5. The van der Waals surface area contributed by atoms with Crippen molar-refractivity contribution < 1.29 is 4.74 Å². The molecule has 1 fully saturated rings. The molecule has 0 amide bonds. The smallest absolute Gasteiger partial charge is 0.0695 e. The SMILES string of the molecule is COCC1CCCN(Cc2cn[nH]c2-c2ccc(-c3ccccc3)cc2)C1. The van der Waals surface area contributed by atoms with Gasteiger partial charge < -0.3 is 4.74 Å². The number of aromatic nitrogens is 2. The second kappa shape index (κ2) is 8.51. The highest BCUT2D eigenvalue weighted by molar-refractivity contribution is 5.69. The number of rotatable bonds is 6. The summed E-state index contributed by atoms with van der Waals surface area (Å²) >= 11 is 0. The van der Waals surface area contributed by atoms with Gasteiger partial charge in [-0.15, -0.1) is 0 Å². The maximum Gasteiger partial charge on any atom is 0.0695 e. The van der Waals surface area contributed by atoms with E-state index in [1.807, 2.05) is 12.3 Å². The fourth-order valence-corrected chi connectivity index (χ4v) is 4.05. The summed E-state index contributed by atoms with van der Waals surface area (Å²) in [6.45, 7) is 4.05. The first-order valence-electron chi connectivity index (χ1n) is 9.73. The zero-order valence-corrected chi connectivity index (χ0v) is 15.9. The Balaban J connectivity index is 1.48. The maximum absolute atomic E-state index is 5.36. The van der Waals surface area contributed by atoms with E-state index in [0.717, 1.165) is 31.9 Å². The number of likely N-dealkylation sites (tertiary alicyclic amines) is 1. The fourth-order valence-electron chi connectivity index (χ4n) is 4.05. The van der Waals surface area contributed by atoms with Crippen LogP contribution in [-0.4, -0.2) is 41.9 Å². The highest BCUT2D eigenvalue weighted by atomic mass is 16.5. The fraction of sp³-hybridized carbons (Fsp3) is 0.348. The molecular formula is C23H27N3O. The molecule has 0 aliphatic carbocycles. The average Bonchev–Trinajstić information content (AvgIpc) is 3.17. The van der Waals surface area contributed by atoms with E-state index in [0.29, 0.717) is 5.92 Å². The van der Waals surface area contributed by atoms with Crippen LogP contribution in [0.3, 0.4) is 0 Å². The number of H-pyrrole nitrogens is 1. The van der Waals surface area contributed by atoms with Crippen molar-refractivity contribution in [2.75, 3.05) is 26.8 Å². The second-order valence-corrected chi connectivity index (χ2v) is 7.41. The summed E-state index contributed by atoms with van der Waals surface area (Å²) in [5, 5.41) is 7.53.